The summed E-state index contributed by atoms with van der Waals surface area (Å²) < 4.78 is 5.31. The van der Waals surface area contributed by atoms with Gasteiger partial charge in [0, 0.05) is 17.6 Å². The van der Waals surface area contributed by atoms with Crippen molar-refractivity contribution in [3.05, 3.63) is 34.9 Å². The summed E-state index contributed by atoms with van der Waals surface area (Å²) in [5.74, 6) is 0. The summed E-state index contributed by atoms with van der Waals surface area (Å²) in [5.41, 5.74) is 0.224. The van der Waals surface area contributed by atoms with Crippen LogP contribution in [0.4, 0.5) is 4.79 Å². The van der Waals surface area contributed by atoms with E-state index in [2.05, 4.69) is 23.6 Å². The van der Waals surface area contributed by atoms with E-state index in [0.29, 0.717) is 6.54 Å². The maximum atomic E-state index is 11.9. The molecule has 0 aliphatic heterocycles. The molecule has 0 aromatic heterocycles. The average molecular weight is 341 g/mol. The Labute approximate surface area is 144 Å². The Kier molecular flexibility index (Phi) is 6.90. The molecule has 4 nitrogen and oxygen atoms in total. The lowest BCUT2D eigenvalue weighted by atomic mass is 10.0. The SMILES string of the molecule is CCC(NCC(C)(C)NC(=O)OC(C)(C)C)c1cccc(Cl)c1. The molecule has 130 valence electrons. The summed E-state index contributed by atoms with van der Waals surface area (Å²) in [6, 6.07) is 8.03. The Morgan fingerprint density at radius 3 is 2.43 bits per heavy atom. The molecule has 1 aromatic carbocycles. The van der Waals surface area contributed by atoms with E-state index in [1.54, 1.807) is 0 Å². The zero-order chi connectivity index (χ0) is 17.7. The van der Waals surface area contributed by atoms with Gasteiger partial charge in [-0.25, -0.2) is 4.79 Å². The first-order valence-corrected chi connectivity index (χ1v) is 8.40. The summed E-state index contributed by atoms with van der Waals surface area (Å²) in [6.45, 7) is 12.2. The van der Waals surface area contributed by atoms with Crippen molar-refractivity contribution in [3.63, 3.8) is 0 Å². The number of ether oxygens (including phenoxy) is 1. The van der Waals surface area contributed by atoms with Gasteiger partial charge in [0.2, 0.25) is 0 Å². The first-order chi connectivity index (χ1) is 10.5. The van der Waals surface area contributed by atoms with Gasteiger partial charge < -0.3 is 15.4 Å². The largest absolute Gasteiger partial charge is 0.444 e. The van der Waals surface area contributed by atoms with E-state index < -0.39 is 17.2 Å². The highest BCUT2D eigenvalue weighted by molar-refractivity contribution is 6.30. The Bertz CT molecular complexity index is 524. The predicted octanol–water partition coefficient (Wildman–Crippen LogP) is 4.68. The number of hydrogen-bond acceptors (Lipinski definition) is 3. The van der Waals surface area contributed by atoms with E-state index >= 15 is 0 Å². The smallest absolute Gasteiger partial charge is 0.408 e. The van der Waals surface area contributed by atoms with Gasteiger partial charge in [0.25, 0.3) is 0 Å². The van der Waals surface area contributed by atoms with Crippen LogP contribution in [0.5, 0.6) is 0 Å². The molecule has 2 N–H and O–H groups in total. The predicted molar refractivity (Wildman–Crippen MR) is 95.9 cm³/mol. The fourth-order valence-electron chi connectivity index (χ4n) is 2.22. The lowest BCUT2D eigenvalue weighted by molar-refractivity contribution is 0.0470. The molecule has 0 spiro atoms. The number of hydrogen-bond donors (Lipinski definition) is 2. The Morgan fingerprint density at radius 2 is 1.91 bits per heavy atom. The van der Waals surface area contributed by atoms with Gasteiger partial charge >= 0.3 is 6.09 Å². The van der Waals surface area contributed by atoms with E-state index in [1.807, 2.05) is 52.8 Å². The minimum absolute atomic E-state index is 0.188. The zero-order valence-corrected chi connectivity index (χ0v) is 15.8. The van der Waals surface area contributed by atoms with Crippen LogP contribution in [0.25, 0.3) is 0 Å². The summed E-state index contributed by atoms with van der Waals surface area (Å²) >= 11 is 6.06. The first kappa shape index (κ1) is 19.8. The molecule has 1 unspecified atom stereocenters. The Hall–Kier alpha value is -1.26. The molecule has 0 radical (unpaired) electrons. The lowest BCUT2D eigenvalue weighted by Crippen LogP contribution is -2.52. The second-order valence-corrected chi connectivity index (χ2v) is 7.84. The van der Waals surface area contributed by atoms with Crippen LogP contribution >= 0.6 is 11.6 Å². The summed E-state index contributed by atoms with van der Waals surface area (Å²) in [6.07, 6.45) is 0.531. The monoisotopic (exact) mass is 340 g/mol. The molecule has 0 heterocycles. The van der Waals surface area contributed by atoms with Crippen molar-refractivity contribution in [2.24, 2.45) is 0 Å². The molecular weight excluding hydrogens is 312 g/mol. The third-order valence-corrected chi connectivity index (χ3v) is 3.52. The van der Waals surface area contributed by atoms with Crippen molar-refractivity contribution in [2.45, 2.75) is 65.1 Å². The van der Waals surface area contributed by atoms with Crippen LogP contribution in [0.15, 0.2) is 24.3 Å². The number of benzene rings is 1. The van der Waals surface area contributed by atoms with Gasteiger partial charge in [-0.1, -0.05) is 30.7 Å². The van der Waals surface area contributed by atoms with Crippen LogP contribution < -0.4 is 10.6 Å². The van der Waals surface area contributed by atoms with Crippen LogP contribution in [0.2, 0.25) is 5.02 Å². The van der Waals surface area contributed by atoms with Gasteiger partial charge in [0.1, 0.15) is 5.60 Å². The number of rotatable bonds is 6. The van der Waals surface area contributed by atoms with Gasteiger partial charge in [-0.3, -0.25) is 0 Å². The molecule has 0 aliphatic rings. The summed E-state index contributed by atoms with van der Waals surface area (Å²) in [7, 11) is 0. The first-order valence-electron chi connectivity index (χ1n) is 8.02. The Morgan fingerprint density at radius 1 is 1.26 bits per heavy atom. The fraction of sp³-hybridized carbons (Fsp3) is 0.611. The van der Waals surface area contributed by atoms with Gasteiger partial charge in [-0.2, -0.15) is 0 Å². The number of halogens is 1. The van der Waals surface area contributed by atoms with Crippen LogP contribution in [-0.2, 0) is 4.74 Å². The topological polar surface area (TPSA) is 50.4 Å². The maximum Gasteiger partial charge on any atom is 0.408 e. The molecule has 0 saturated carbocycles. The van der Waals surface area contributed by atoms with Crippen molar-refractivity contribution < 1.29 is 9.53 Å². The normalized spacial score (nSPS) is 13.5. The molecule has 1 amide bonds. The molecule has 1 rings (SSSR count). The molecule has 5 heteroatoms. The summed E-state index contributed by atoms with van der Waals surface area (Å²) in [4.78, 5) is 11.9. The highest BCUT2D eigenvalue weighted by atomic mass is 35.5. The fourth-order valence-corrected chi connectivity index (χ4v) is 2.42. The van der Waals surface area contributed by atoms with Crippen LogP contribution in [0.3, 0.4) is 0 Å². The van der Waals surface area contributed by atoms with E-state index in [0.717, 1.165) is 17.0 Å². The third kappa shape index (κ3) is 7.71. The molecule has 1 aromatic rings. The van der Waals surface area contributed by atoms with Crippen molar-refractivity contribution in [1.82, 2.24) is 10.6 Å². The molecular formula is C18H29ClN2O2. The quantitative estimate of drug-likeness (QED) is 0.790. The average Bonchev–Trinajstić information content (AvgIpc) is 2.36. The molecule has 0 saturated heterocycles. The minimum atomic E-state index is -0.500. The van der Waals surface area contributed by atoms with Crippen LogP contribution in [-0.4, -0.2) is 23.8 Å². The molecule has 23 heavy (non-hydrogen) atoms. The maximum absolute atomic E-state index is 11.9. The van der Waals surface area contributed by atoms with Crippen LogP contribution in [0, 0.1) is 0 Å². The van der Waals surface area contributed by atoms with Gasteiger partial charge in [-0.15, -0.1) is 0 Å². The van der Waals surface area contributed by atoms with Crippen molar-refractivity contribution >= 4 is 17.7 Å². The zero-order valence-electron chi connectivity index (χ0n) is 15.0. The number of carbonyl (C=O) groups excluding carboxylic acids is 1. The number of alkyl carbamates (subject to hydrolysis) is 1. The molecule has 0 aliphatic carbocycles. The van der Waals surface area contributed by atoms with E-state index in [4.69, 9.17) is 16.3 Å². The van der Waals surface area contributed by atoms with Gasteiger partial charge in [0.15, 0.2) is 0 Å². The Balaban J connectivity index is 2.61. The number of carbonyl (C=O) groups is 1. The van der Waals surface area contributed by atoms with Crippen LogP contribution in [0.1, 0.15) is 59.6 Å². The number of nitrogens with one attached hydrogen (secondary N) is 2. The van der Waals surface area contributed by atoms with Gasteiger partial charge in [0.05, 0.1) is 5.54 Å². The van der Waals surface area contributed by atoms with Crippen molar-refractivity contribution in [2.75, 3.05) is 6.54 Å². The van der Waals surface area contributed by atoms with E-state index in [-0.39, 0.29) is 6.04 Å². The highest BCUT2D eigenvalue weighted by Crippen LogP contribution is 2.21. The standard InChI is InChI=1S/C18H29ClN2O2/c1-7-15(13-9-8-10-14(19)11-13)20-12-18(5,6)21-16(22)23-17(2,3)4/h8-11,15,20H,7,12H2,1-6H3,(H,21,22). The molecule has 0 bridgehead atoms. The lowest BCUT2D eigenvalue weighted by Gasteiger charge is -2.30. The third-order valence-electron chi connectivity index (χ3n) is 3.29. The molecule has 0 fully saturated rings. The second-order valence-electron chi connectivity index (χ2n) is 7.41. The second kappa shape index (κ2) is 8.02. The van der Waals surface area contributed by atoms with Crippen molar-refractivity contribution in [1.29, 1.82) is 0 Å². The van der Waals surface area contributed by atoms with E-state index in [1.165, 1.54) is 0 Å². The molecule has 1 atom stereocenters. The van der Waals surface area contributed by atoms with E-state index in [9.17, 15) is 4.79 Å². The number of amides is 1. The summed E-state index contributed by atoms with van der Waals surface area (Å²) in [5, 5.41) is 7.13. The van der Waals surface area contributed by atoms with Gasteiger partial charge in [-0.05, 0) is 58.7 Å². The minimum Gasteiger partial charge on any atom is -0.444 e. The van der Waals surface area contributed by atoms with Crippen molar-refractivity contribution in [3.8, 4) is 0 Å². The highest BCUT2D eigenvalue weighted by Gasteiger charge is 2.25.